The van der Waals surface area contributed by atoms with Crippen molar-refractivity contribution in [3.8, 4) is 0 Å². The summed E-state index contributed by atoms with van der Waals surface area (Å²) in [5.74, 6) is -0.884. The third kappa shape index (κ3) is 2.60. The van der Waals surface area contributed by atoms with Gasteiger partial charge in [0.2, 0.25) is 5.91 Å². The molecule has 5 nitrogen and oxygen atoms in total. The lowest BCUT2D eigenvalue weighted by Gasteiger charge is -2.27. The number of aliphatic carboxylic acids is 1. The number of carboxylic acids is 1. The number of carboxylic acid groups (broad SMARTS) is 1. The van der Waals surface area contributed by atoms with Crippen LogP contribution in [0.4, 0.5) is 0 Å². The molecule has 17 heavy (non-hydrogen) atoms. The predicted octanol–water partition coefficient (Wildman–Crippen LogP) is 0.404. The second kappa shape index (κ2) is 5.04. The number of carbonyl (C=O) groups excluding carboxylic acids is 1. The highest BCUT2D eigenvalue weighted by Gasteiger charge is 2.35. The molecule has 2 aliphatic heterocycles. The van der Waals surface area contributed by atoms with Crippen molar-refractivity contribution in [1.29, 1.82) is 0 Å². The Kier molecular flexibility index (Phi) is 3.66. The van der Waals surface area contributed by atoms with E-state index in [1.807, 2.05) is 16.7 Å². The summed E-state index contributed by atoms with van der Waals surface area (Å²) in [7, 11) is 0. The zero-order valence-electron chi connectivity index (χ0n) is 10.3. The van der Waals surface area contributed by atoms with Crippen molar-refractivity contribution < 1.29 is 14.7 Å². The summed E-state index contributed by atoms with van der Waals surface area (Å²) >= 11 is 0. The van der Waals surface area contributed by atoms with Crippen molar-refractivity contribution in [1.82, 2.24) is 9.80 Å². The first kappa shape index (κ1) is 12.4. The molecular weight excluding hydrogens is 220 g/mol. The summed E-state index contributed by atoms with van der Waals surface area (Å²) in [5.41, 5.74) is 0. The Morgan fingerprint density at radius 3 is 2.41 bits per heavy atom. The highest BCUT2D eigenvalue weighted by Crippen LogP contribution is 2.20. The van der Waals surface area contributed by atoms with Gasteiger partial charge >= 0.3 is 5.97 Å². The fourth-order valence-corrected chi connectivity index (χ4v) is 2.70. The Bertz CT molecular complexity index is 313. The standard InChI is InChI=1S/C12H20N2O3/c1-9(11(15)13-5-2-3-6-13)14-7-4-10(8-14)12(16)17/h9-10H,2-8H2,1H3,(H,16,17). The first-order valence-electron chi connectivity index (χ1n) is 6.35. The largest absolute Gasteiger partial charge is 0.481 e. The molecular formula is C12H20N2O3. The van der Waals surface area contributed by atoms with Gasteiger partial charge in [0, 0.05) is 19.6 Å². The van der Waals surface area contributed by atoms with Crippen LogP contribution in [-0.2, 0) is 9.59 Å². The summed E-state index contributed by atoms with van der Waals surface area (Å²) in [6, 6.07) is -0.169. The molecule has 2 rings (SSSR count). The fourth-order valence-electron chi connectivity index (χ4n) is 2.70. The van der Waals surface area contributed by atoms with Crippen molar-refractivity contribution in [2.45, 2.75) is 32.2 Å². The van der Waals surface area contributed by atoms with Gasteiger partial charge in [0.05, 0.1) is 12.0 Å². The number of amides is 1. The molecule has 0 spiro atoms. The molecule has 0 aliphatic carbocycles. The lowest BCUT2D eigenvalue weighted by atomic mass is 10.1. The van der Waals surface area contributed by atoms with E-state index in [-0.39, 0.29) is 17.9 Å². The summed E-state index contributed by atoms with van der Waals surface area (Å²) in [5, 5.41) is 8.94. The van der Waals surface area contributed by atoms with Crippen LogP contribution in [0.5, 0.6) is 0 Å². The van der Waals surface area contributed by atoms with Crippen LogP contribution < -0.4 is 0 Å². The number of likely N-dealkylation sites (tertiary alicyclic amines) is 2. The van der Waals surface area contributed by atoms with Gasteiger partial charge in [-0.25, -0.2) is 0 Å². The minimum atomic E-state index is -0.742. The van der Waals surface area contributed by atoms with Gasteiger partial charge < -0.3 is 10.0 Å². The first-order valence-corrected chi connectivity index (χ1v) is 6.35. The molecule has 0 saturated carbocycles. The van der Waals surface area contributed by atoms with Crippen LogP contribution in [0.2, 0.25) is 0 Å². The van der Waals surface area contributed by atoms with Gasteiger partial charge in [-0.15, -0.1) is 0 Å². The first-order chi connectivity index (χ1) is 8.09. The molecule has 2 unspecified atom stereocenters. The maximum absolute atomic E-state index is 12.1. The quantitative estimate of drug-likeness (QED) is 0.776. The molecule has 2 saturated heterocycles. The normalized spacial score (nSPS) is 27.4. The van der Waals surface area contributed by atoms with Gasteiger partial charge in [-0.3, -0.25) is 14.5 Å². The number of nitrogens with zero attached hydrogens (tertiary/aromatic N) is 2. The van der Waals surface area contributed by atoms with Crippen molar-refractivity contribution >= 4 is 11.9 Å². The number of hydrogen-bond acceptors (Lipinski definition) is 3. The topological polar surface area (TPSA) is 60.9 Å². The number of hydrogen-bond donors (Lipinski definition) is 1. The van der Waals surface area contributed by atoms with Crippen LogP contribution >= 0.6 is 0 Å². The lowest BCUT2D eigenvalue weighted by Crippen LogP contribution is -2.45. The van der Waals surface area contributed by atoms with Crippen molar-refractivity contribution in [2.75, 3.05) is 26.2 Å². The molecule has 0 aromatic carbocycles. The van der Waals surface area contributed by atoms with E-state index in [1.54, 1.807) is 0 Å². The molecule has 5 heteroatoms. The lowest BCUT2D eigenvalue weighted by molar-refractivity contribution is -0.142. The van der Waals surface area contributed by atoms with Crippen LogP contribution in [0.15, 0.2) is 0 Å². The van der Waals surface area contributed by atoms with E-state index in [0.29, 0.717) is 13.0 Å². The average Bonchev–Trinajstić information content (AvgIpc) is 2.97. The number of carbonyl (C=O) groups is 2. The number of rotatable bonds is 3. The van der Waals surface area contributed by atoms with Crippen molar-refractivity contribution in [3.63, 3.8) is 0 Å². The van der Waals surface area contributed by atoms with Gasteiger partial charge in [0.15, 0.2) is 0 Å². The van der Waals surface area contributed by atoms with Gasteiger partial charge in [0.1, 0.15) is 0 Å². The van der Waals surface area contributed by atoms with Crippen molar-refractivity contribution in [3.05, 3.63) is 0 Å². The van der Waals surface area contributed by atoms with Gasteiger partial charge in [-0.2, -0.15) is 0 Å². The van der Waals surface area contributed by atoms with E-state index in [1.165, 1.54) is 0 Å². The molecule has 0 aromatic heterocycles. The zero-order valence-corrected chi connectivity index (χ0v) is 10.3. The highest BCUT2D eigenvalue weighted by atomic mass is 16.4. The zero-order chi connectivity index (χ0) is 12.4. The van der Waals surface area contributed by atoms with Crippen molar-refractivity contribution in [2.24, 2.45) is 5.92 Å². The molecule has 2 aliphatic rings. The Morgan fingerprint density at radius 2 is 1.88 bits per heavy atom. The SMILES string of the molecule is CC(C(=O)N1CCCC1)N1CCC(C(=O)O)C1. The van der Waals surface area contributed by atoms with E-state index in [0.717, 1.165) is 32.5 Å². The van der Waals surface area contributed by atoms with Crippen LogP contribution in [0.25, 0.3) is 0 Å². The summed E-state index contributed by atoms with van der Waals surface area (Å²) in [6.07, 6.45) is 2.85. The monoisotopic (exact) mass is 240 g/mol. The van der Waals surface area contributed by atoms with Crippen LogP contribution in [0, 0.1) is 5.92 Å². The maximum Gasteiger partial charge on any atom is 0.307 e. The molecule has 1 amide bonds. The van der Waals surface area contributed by atoms with E-state index in [4.69, 9.17) is 5.11 Å². The Morgan fingerprint density at radius 1 is 1.24 bits per heavy atom. The molecule has 1 N–H and O–H groups in total. The second-order valence-corrected chi connectivity index (χ2v) is 5.03. The third-order valence-corrected chi connectivity index (χ3v) is 3.89. The highest BCUT2D eigenvalue weighted by molar-refractivity contribution is 5.82. The Labute approximate surface area is 101 Å². The van der Waals surface area contributed by atoms with E-state index in [2.05, 4.69) is 0 Å². The van der Waals surface area contributed by atoms with Gasteiger partial charge in [-0.05, 0) is 32.7 Å². The third-order valence-electron chi connectivity index (χ3n) is 3.89. The molecule has 0 radical (unpaired) electrons. The smallest absolute Gasteiger partial charge is 0.307 e. The Balaban J connectivity index is 1.89. The molecule has 2 heterocycles. The molecule has 0 bridgehead atoms. The van der Waals surface area contributed by atoms with Gasteiger partial charge in [-0.1, -0.05) is 0 Å². The van der Waals surface area contributed by atoms with Crippen LogP contribution in [0.3, 0.4) is 0 Å². The van der Waals surface area contributed by atoms with E-state index in [9.17, 15) is 9.59 Å². The van der Waals surface area contributed by atoms with Crippen LogP contribution in [-0.4, -0.2) is 59.0 Å². The summed E-state index contributed by atoms with van der Waals surface area (Å²) < 4.78 is 0. The average molecular weight is 240 g/mol. The Hall–Kier alpha value is -1.10. The molecule has 2 atom stereocenters. The van der Waals surface area contributed by atoms with Crippen LogP contribution in [0.1, 0.15) is 26.2 Å². The minimum absolute atomic E-state index is 0.161. The summed E-state index contributed by atoms with van der Waals surface area (Å²) in [6.45, 7) is 4.84. The van der Waals surface area contributed by atoms with E-state index >= 15 is 0 Å². The predicted molar refractivity (Wildman–Crippen MR) is 62.6 cm³/mol. The molecule has 0 aromatic rings. The maximum atomic E-state index is 12.1. The summed E-state index contributed by atoms with van der Waals surface area (Å²) in [4.78, 5) is 26.9. The fraction of sp³-hybridized carbons (Fsp3) is 0.833. The van der Waals surface area contributed by atoms with E-state index < -0.39 is 5.97 Å². The van der Waals surface area contributed by atoms with Gasteiger partial charge in [0.25, 0.3) is 0 Å². The molecule has 96 valence electrons. The molecule has 2 fully saturated rings. The second-order valence-electron chi connectivity index (χ2n) is 5.03. The minimum Gasteiger partial charge on any atom is -0.481 e.